The summed E-state index contributed by atoms with van der Waals surface area (Å²) in [5.41, 5.74) is 3.80. The largest absolute Gasteiger partial charge is 0.384 e. The van der Waals surface area contributed by atoms with E-state index >= 15 is 0 Å². The molecule has 112 valence electrons. The van der Waals surface area contributed by atoms with Crippen molar-refractivity contribution in [1.29, 1.82) is 0 Å². The van der Waals surface area contributed by atoms with E-state index in [0.717, 1.165) is 22.4 Å². The number of halogens is 1. The van der Waals surface area contributed by atoms with Gasteiger partial charge in [0.25, 0.3) is 0 Å². The van der Waals surface area contributed by atoms with E-state index in [9.17, 15) is 4.79 Å². The number of benzene rings is 2. The quantitative estimate of drug-likeness (QED) is 0.846. The summed E-state index contributed by atoms with van der Waals surface area (Å²) in [4.78, 5) is 12.3. The Morgan fingerprint density at radius 2 is 1.36 bits per heavy atom. The second-order valence-corrected chi connectivity index (χ2v) is 5.04. The summed E-state index contributed by atoms with van der Waals surface area (Å²) < 4.78 is 0. The Morgan fingerprint density at radius 3 is 1.95 bits per heavy atom. The van der Waals surface area contributed by atoms with Crippen LogP contribution in [-0.2, 0) is 4.79 Å². The highest BCUT2D eigenvalue weighted by Crippen LogP contribution is 2.21. The third-order valence-corrected chi connectivity index (χ3v) is 3.48. The van der Waals surface area contributed by atoms with Crippen LogP contribution in [0, 0.1) is 0 Å². The normalized spacial score (nSPS) is 17.9. The Balaban J connectivity index is 0.00000176. The fourth-order valence-electron chi connectivity index (χ4n) is 2.41. The number of hydrogen-bond acceptors (Lipinski definition) is 2. The number of piperidine rings is 1. The Bertz CT molecular complexity index is 690. The van der Waals surface area contributed by atoms with Gasteiger partial charge in [-0.3, -0.25) is 4.79 Å². The maximum absolute atomic E-state index is 12.3. The molecule has 0 atom stereocenters. The molecule has 1 aliphatic heterocycles. The van der Waals surface area contributed by atoms with Gasteiger partial charge in [0, 0.05) is 24.2 Å². The number of hydrogen-bond donors (Lipinski definition) is 1. The minimum Gasteiger partial charge on any atom is -0.384 e. The lowest BCUT2D eigenvalue weighted by Gasteiger charge is -2.19. The number of rotatable bonds is 2. The molecule has 1 heterocycles. The summed E-state index contributed by atoms with van der Waals surface area (Å²) in [6.07, 6.45) is 4.54. The van der Waals surface area contributed by atoms with Gasteiger partial charge >= 0.3 is 0 Å². The van der Waals surface area contributed by atoms with Crippen molar-refractivity contribution in [2.75, 3.05) is 6.54 Å². The zero-order valence-electron chi connectivity index (χ0n) is 12.2. The van der Waals surface area contributed by atoms with Crippen LogP contribution >= 0.6 is 12.4 Å². The second-order valence-electron chi connectivity index (χ2n) is 5.04. The minimum atomic E-state index is 0. The molecule has 0 aliphatic carbocycles. The van der Waals surface area contributed by atoms with Gasteiger partial charge in [0.2, 0.25) is 0 Å². The molecule has 0 aromatic heterocycles. The molecule has 0 saturated carbocycles. The van der Waals surface area contributed by atoms with Gasteiger partial charge in [-0.15, -0.1) is 12.4 Å². The Morgan fingerprint density at radius 1 is 0.818 bits per heavy atom. The van der Waals surface area contributed by atoms with Crippen LogP contribution in [0.2, 0.25) is 0 Å². The van der Waals surface area contributed by atoms with Crippen LogP contribution in [0.4, 0.5) is 0 Å². The summed E-state index contributed by atoms with van der Waals surface area (Å²) in [6.45, 7) is 0.698. The number of ketones is 1. The molecular weight excluding hydrogens is 294 g/mol. The molecule has 3 heteroatoms. The summed E-state index contributed by atoms with van der Waals surface area (Å²) in [6, 6.07) is 20.0. The van der Waals surface area contributed by atoms with Crippen molar-refractivity contribution in [3.8, 4) is 0 Å². The second kappa shape index (κ2) is 7.62. The SMILES string of the molecule is Cl.O=C1CCNC(=Cc2ccccc2)C1=Cc1ccccc1. The first kappa shape index (κ1) is 16.1. The maximum Gasteiger partial charge on any atom is 0.166 e. The monoisotopic (exact) mass is 311 g/mol. The number of nitrogens with one attached hydrogen (secondary N) is 1. The molecular formula is C19H18ClNO. The van der Waals surface area contributed by atoms with E-state index in [1.165, 1.54) is 0 Å². The number of Topliss-reactive ketones (excluding diaryl/α,β-unsaturated/α-hetero) is 1. The van der Waals surface area contributed by atoms with Crippen molar-refractivity contribution in [2.45, 2.75) is 6.42 Å². The van der Waals surface area contributed by atoms with Crippen molar-refractivity contribution in [1.82, 2.24) is 5.32 Å². The lowest BCUT2D eigenvalue weighted by atomic mass is 9.97. The standard InChI is InChI=1S/C19H17NO.ClH/c21-19-11-12-20-18(14-16-9-5-2-6-10-16)17(19)13-15-7-3-1-4-8-15;/h1-10,13-14,20H,11-12H2;1H. The van der Waals surface area contributed by atoms with Crippen LogP contribution < -0.4 is 5.32 Å². The Labute approximate surface area is 137 Å². The molecule has 1 aliphatic rings. The van der Waals surface area contributed by atoms with Gasteiger partial charge in [-0.25, -0.2) is 0 Å². The first-order valence-corrected chi connectivity index (χ1v) is 7.14. The van der Waals surface area contributed by atoms with Crippen LogP contribution in [0.25, 0.3) is 12.2 Å². The van der Waals surface area contributed by atoms with Crippen molar-refractivity contribution in [2.24, 2.45) is 0 Å². The zero-order valence-corrected chi connectivity index (χ0v) is 13.0. The lowest BCUT2D eigenvalue weighted by molar-refractivity contribution is -0.115. The Kier molecular flexibility index (Phi) is 5.56. The van der Waals surface area contributed by atoms with Gasteiger partial charge in [-0.2, -0.15) is 0 Å². The molecule has 1 saturated heterocycles. The molecule has 3 rings (SSSR count). The number of allylic oxidation sites excluding steroid dienone is 1. The summed E-state index contributed by atoms with van der Waals surface area (Å²) >= 11 is 0. The highest BCUT2D eigenvalue weighted by Gasteiger charge is 2.19. The highest BCUT2D eigenvalue weighted by molar-refractivity contribution is 6.05. The van der Waals surface area contributed by atoms with Gasteiger partial charge in [0.15, 0.2) is 5.78 Å². The summed E-state index contributed by atoms with van der Waals surface area (Å²) in [7, 11) is 0. The van der Waals surface area contributed by atoms with Gasteiger partial charge in [0.1, 0.15) is 0 Å². The molecule has 0 bridgehead atoms. The number of carbonyl (C=O) groups excluding carboxylic acids is 1. The predicted octanol–water partition coefficient (Wildman–Crippen LogP) is 4.10. The zero-order chi connectivity index (χ0) is 14.5. The third kappa shape index (κ3) is 3.86. The minimum absolute atomic E-state index is 0. The van der Waals surface area contributed by atoms with Crippen LogP contribution in [0.5, 0.6) is 0 Å². The van der Waals surface area contributed by atoms with Crippen molar-refractivity contribution in [3.63, 3.8) is 0 Å². The summed E-state index contributed by atoms with van der Waals surface area (Å²) in [5, 5.41) is 3.34. The Hall–Kier alpha value is -2.32. The first-order chi connectivity index (χ1) is 10.3. The van der Waals surface area contributed by atoms with E-state index in [0.29, 0.717) is 13.0 Å². The molecule has 1 N–H and O–H groups in total. The van der Waals surface area contributed by atoms with Crippen molar-refractivity contribution < 1.29 is 4.79 Å². The number of carbonyl (C=O) groups is 1. The molecule has 2 aromatic carbocycles. The summed E-state index contributed by atoms with van der Waals surface area (Å²) in [5.74, 6) is 0.194. The van der Waals surface area contributed by atoms with E-state index in [2.05, 4.69) is 5.32 Å². The smallest absolute Gasteiger partial charge is 0.166 e. The third-order valence-electron chi connectivity index (χ3n) is 3.48. The molecule has 2 nitrogen and oxygen atoms in total. The van der Waals surface area contributed by atoms with Crippen LogP contribution in [0.15, 0.2) is 71.9 Å². The lowest BCUT2D eigenvalue weighted by Crippen LogP contribution is -2.28. The first-order valence-electron chi connectivity index (χ1n) is 7.14. The fourth-order valence-corrected chi connectivity index (χ4v) is 2.41. The van der Waals surface area contributed by atoms with E-state index in [1.807, 2.05) is 72.8 Å². The molecule has 0 radical (unpaired) electrons. The highest BCUT2D eigenvalue weighted by atomic mass is 35.5. The maximum atomic E-state index is 12.3. The van der Waals surface area contributed by atoms with E-state index in [-0.39, 0.29) is 18.2 Å². The van der Waals surface area contributed by atoms with Gasteiger partial charge in [0.05, 0.1) is 0 Å². The van der Waals surface area contributed by atoms with Gasteiger partial charge < -0.3 is 5.32 Å². The van der Waals surface area contributed by atoms with Crippen LogP contribution in [-0.4, -0.2) is 12.3 Å². The average Bonchev–Trinajstić information content (AvgIpc) is 2.53. The van der Waals surface area contributed by atoms with E-state index in [1.54, 1.807) is 0 Å². The van der Waals surface area contributed by atoms with Crippen LogP contribution in [0.1, 0.15) is 17.5 Å². The van der Waals surface area contributed by atoms with Gasteiger partial charge in [-0.05, 0) is 23.3 Å². The van der Waals surface area contributed by atoms with E-state index < -0.39 is 0 Å². The fraction of sp³-hybridized carbons (Fsp3) is 0.105. The van der Waals surface area contributed by atoms with Crippen molar-refractivity contribution in [3.05, 3.63) is 83.1 Å². The molecule has 2 aromatic rings. The van der Waals surface area contributed by atoms with Crippen molar-refractivity contribution >= 4 is 30.3 Å². The molecule has 0 spiro atoms. The average molecular weight is 312 g/mol. The molecule has 22 heavy (non-hydrogen) atoms. The molecule has 0 amide bonds. The molecule has 1 fully saturated rings. The van der Waals surface area contributed by atoms with E-state index in [4.69, 9.17) is 0 Å². The van der Waals surface area contributed by atoms with Crippen LogP contribution in [0.3, 0.4) is 0 Å². The predicted molar refractivity (Wildman–Crippen MR) is 93.7 cm³/mol. The molecule has 0 unspecified atom stereocenters. The topological polar surface area (TPSA) is 29.1 Å². The van der Waals surface area contributed by atoms with Gasteiger partial charge in [-0.1, -0.05) is 60.7 Å².